The Bertz CT molecular complexity index is 429. The molecule has 1 aromatic heterocycles. The van der Waals surface area contributed by atoms with Gasteiger partial charge in [0, 0.05) is 11.5 Å². The molecule has 1 N–H and O–H groups in total. The Balaban J connectivity index is 1.91. The fourth-order valence-corrected chi connectivity index (χ4v) is 2.23. The Morgan fingerprint density at radius 3 is 2.88 bits per heavy atom. The molecular formula is C11H14N2O2S. The summed E-state index contributed by atoms with van der Waals surface area (Å²) in [5.74, 6) is -0.0721. The van der Waals surface area contributed by atoms with E-state index in [9.17, 15) is 9.90 Å². The Labute approximate surface area is 98.2 Å². The van der Waals surface area contributed by atoms with Crippen LogP contribution in [0.2, 0.25) is 0 Å². The topological polar surface area (TPSA) is 53.4 Å². The third-order valence-corrected chi connectivity index (χ3v) is 3.20. The van der Waals surface area contributed by atoms with Gasteiger partial charge in [0.05, 0.1) is 29.4 Å². The monoisotopic (exact) mass is 238 g/mol. The Kier molecular flexibility index (Phi) is 2.82. The first kappa shape index (κ1) is 11.3. The fraction of sp³-hybridized carbons (Fsp3) is 0.455. The molecule has 1 aliphatic rings. The summed E-state index contributed by atoms with van der Waals surface area (Å²) >= 11 is 1.56. The standard InChI is InChI=1S/C11H14N2O2S/c1-8-12-9(5-16-8)3-4-10(14)13-6-11(2,15)7-13/h3-5,15H,6-7H2,1-2H3. The first-order valence-corrected chi connectivity index (χ1v) is 5.96. The van der Waals surface area contributed by atoms with Crippen molar-refractivity contribution >= 4 is 23.3 Å². The van der Waals surface area contributed by atoms with Gasteiger partial charge in [-0.05, 0) is 19.9 Å². The average Bonchev–Trinajstić information content (AvgIpc) is 2.57. The molecule has 0 spiro atoms. The van der Waals surface area contributed by atoms with E-state index in [4.69, 9.17) is 0 Å². The van der Waals surface area contributed by atoms with E-state index >= 15 is 0 Å². The number of aromatic nitrogens is 1. The van der Waals surface area contributed by atoms with Gasteiger partial charge in [0.2, 0.25) is 5.91 Å². The van der Waals surface area contributed by atoms with Crippen molar-refractivity contribution in [3.05, 3.63) is 22.2 Å². The molecule has 1 fully saturated rings. The second-order valence-corrected chi connectivity index (χ2v) is 5.38. The van der Waals surface area contributed by atoms with Crippen molar-refractivity contribution in [2.75, 3.05) is 13.1 Å². The predicted octanol–water partition coefficient (Wildman–Crippen LogP) is 1.06. The number of aryl methyl sites for hydroxylation is 1. The van der Waals surface area contributed by atoms with E-state index in [1.807, 2.05) is 12.3 Å². The van der Waals surface area contributed by atoms with Crippen LogP contribution in [0.5, 0.6) is 0 Å². The fourth-order valence-electron chi connectivity index (χ4n) is 1.65. The number of hydrogen-bond acceptors (Lipinski definition) is 4. The first-order valence-electron chi connectivity index (χ1n) is 5.08. The van der Waals surface area contributed by atoms with Crippen LogP contribution in [0.15, 0.2) is 11.5 Å². The number of aliphatic hydroxyl groups is 1. The maximum Gasteiger partial charge on any atom is 0.246 e. The number of β-amino-alcohol motifs (C(OH)–C–C–N with tert-alkyl or cyclic N) is 1. The zero-order valence-electron chi connectivity index (χ0n) is 9.30. The van der Waals surface area contributed by atoms with Gasteiger partial charge < -0.3 is 10.0 Å². The molecule has 1 aromatic rings. The van der Waals surface area contributed by atoms with Gasteiger partial charge in [-0.3, -0.25) is 4.79 Å². The van der Waals surface area contributed by atoms with Crippen molar-refractivity contribution in [1.82, 2.24) is 9.88 Å². The molecule has 86 valence electrons. The van der Waals surface area contributed by atoms with Crippen molar-refractivity contribution in [2.45, 2.75) is 19.4 Å². The highest BCUT2D eigenvalue weighted by Crippen LogP contribution is 2.20. The summed E-state index contributed by atoms with van der Waals surface area (Å²) in [5.41, 5.74) is 0.101. The summed E-state index contributed by atoms with van der Waals surface area (Å²) in [6.07, 6.45) is 3.21. The molecule has 0 aromatic carbocycles. The van der Waals surface area contributed by atoms with Gasteiger partial charge in [0.25, 0.3) is 0 Å². The van der Waals surface area contributed by atoms with Crippen LogP contribution in [0, 0.1) is 6.92 Å². The molecule has 0 saturated carbocycles. The maximum atomic E-state index is 11.6. The minimum absolute atomic E-state index is 0.0721. The minimum Gasteiger partial charge on any atom is -0.386 e. The normalized spacial score (nSPS) is 18.8. The van der Waals surface area contributed by atoms with Crippen molar-refractivity contribution in [3.63, 3.8) is 0 Å². The van der Waals surface area contributed by atoms with Crippen molar-refractivity contribution < 1.29 is 9.90 Å². The Morgan fingerprint density at radius 1 is 1.69 bits per heavy atom. The van der Waals surface area contributed by atoms with Crippen molar-refractivity contribution in [2.24, 2.45) is 0 Å². The van der Waals surface area contributed by atoms with E-state index < -0.39 is 5.60 Å². The molecule has 16 heavy (non-hydrogen) atoms. The zero-order chi connectivity index (χ0) is 11.8. The first-order chi connectivity index (χ1) is 7.46. The number of likely N-dealkylation sites (tertiary alicyclic amines) is 1. The lowest BCUT2D eigenvalue weighted by Crippen LogP contribution is -2.61. The third kappa shape index (κ3) is 2.48. The van der Waals surface area contributed by atoms with Gasteiger partial charge in [0.1, 0.15) is 0 Å². The summed E-state index contributed by atoms with van der Waals surface area (Å²) in [4.78, 5) is 17.4. The number of carbonyl (C=O) groups excluding carboxylic acids is 1. The minimum atomic E-state index is -0.708. The molecule has 1 amide bonds. The smallest absolute Gasteiger partial charge is 0.246 e. The molecule has 1 saturated heterocycles. The van der Waals surface area contributed by atoms with E-state index in [-0.39, 0.29) is 5.91 Å². The highest BCUT2D eigenvalue weighted by atomic mass is 32.1. The van der Waals surface area contributed by atoms with Gasteiger partial charge >= 0.3 is 0 Å². The lowest BCUT2D eigenvalue weighted by Gasteiger charge is -2.43. The number of nitrogens with zero attached hydrogens (tertiary/aromatic N) is 2. The predicted molar refractivity (Wildman–Crippen MR) is 63.1 cm³/mol. The van der Waals surface area contributed by atoms with Crippen molar-refractivity contribution in [1.29, 1.82) is 0 Å². The van der Waals surface area contributed by atoms with E-state index in [1.54, 1.807) is 29.2 Å². The Hall–Kier alpha value is -1.20. The van der Waals surface area contributed by atoms with Crippen LogP contribution in [0.3, 0.4) is 0 Å². The average molecular weight is 238 g/mol. The van der Waals surface area contributed by atoms with Crippen LogP contribution in [-0.4, -0.2) is 39.6 Å². The summed E-state index contributed by atoms with van der Waals surface area (Å²) in [7, 11) is 0. The highest BCUT2D eigenvalue weighted by Gasteiger charge is 2.38. The van der Waals surface area contributed by atoms with E-state index in [2.05, 4.69) is 4.98 Å². The number of carbonyl (C=O) groups is 1. The molecule has 5 heteroatoms. The van der Waals surface area contributed by atoms with Gasteiger partial charge in [-0.1, -0.05) is 0 Å². The number of amides is 1. The molecule has 0 bridgehead atoms. The number of thiazole rings is 1. The molecule has 0 atom stereocenters. The zero-order valence-corrected chi connectivity index (χ0v) is 10.1. The molecule has 4 nitrogen and oxygen atoms in total. The SMILES string of the molecule is Cc1nc(C=CC(=O)N2CC(C)(O)C2)cs1. The maximum absolute atomic E-state index is 11.6. The second kappa shape index (κ2) is 3.99. The molecule has 1 aliphatic heterocycles. The molecule has 2 rings (SSSR count). The van der Waals surface area contributed by atoms with Crippen LogP contribution in [0.4, 0.5) is 0 Å². The Morgan fingerprint density at radius 2 is 2.38 bits per heavy atom. The van der Waals surface area contributed by atoms with Gasteiger partial charge in [-0.2, -0.15) is 0 Å². The number of rotatable bonds is 2. The quantitative estimate of drug-likeness (QED) is 0.784. The molecule has 0 aliphatic carbocycles. The van der Waals surface area contributed by atoms with Crippen LogP contribution in [-0.2, 0) is 4.79 Å². The number of hydrogen-bond donors (Lipinski definition) is 1. The summed E-state index contributed by atoms with van der Waals surface area (Å²) in [6.45, 7) is 4.47. The highest BCUT2D eigenvalue weighted by molar-refractivity contribution is 7.09. The van der Waals surface area contributed by atoms with Gasteiger partial charge in [-0.25, -0.2) is 4.98 Å². The lowest BCUT2D eigenvalue weighted by molar-refractivity contribution is -0.146. The summed E-state index contributed by atoms with van der Waals surface area (Å²) in [6, 6.07) is 0. The van der Waals surface area contributed by atoms with E-state index in [1.165, 1.54) is 6.08 Å². The molecule has 0 radical (unpaired) electrons. The van der Waals surface area contributed by atoms with Crippen LogP contribution in [0.1, 0.15) is 17.6 Å². The van der Waals surface area contributed by atoms with Crippen molar-refractivity contribution in [3.8, 4) is 0 Å². The van der Waals surface area contributed by atoms with Crippen LogP contribution in [0.25, 0.3) is 6.08 Å². The third-order valence-electron chi connectivity index (χ3n) is 2.41. The summed E-state index contributed by atoms with van der Waals surface area (Å²) < 4.78 is 0. The molecule has 0 unspecified atom stereocenters. The van der Waals surface area contributed by atoms with Gasteiger partial charge in [0.15, 0.2) is 0 Å². The largest absolute Gasteiger partial charge is 0.386 e. The molecule has 2 heterocycles. The second-order valence-electron chi connectivity index (χ2n) is 4.32. The van der Waals surface area contributed by atoms with Crippen LogP contribution >= 0.6 is 11.3 Å². The molecular weight excluding hydrogens is 224 g/mol. The van der Waals surface area contributed by atoms with Gasteiger partial charge in [-0.15, -0.1) is 11.3 Å². The van der Waals surface area contributed by atoms with E-state index in [0.717, 1.165) is 10.7 Å². The lowest BCUT2D eigenvalue weighted by atomic mass is 9.97. The van der Waals surface area contributed by atoms with Crippen LogP contribution < -0.4 is 0 Å². The summed E-state index contributed by atoms with van der Waals surface area (Å²) in [5, 5.41) is 12.4. The van der Waals surface area contributed by atoms with E-state index in [0.29, 0.717) is 13.1 Å².